The molecule has 2 N–H and O–H groups in total. The topological polar surface area (TPSA) is 73.1 Å². The fourth-order valence-corrected chi connectivity index (χ4v) is 2.39. The van der Waals surface area contributed by atoms with Crippen molar-refractivity contribution >= 4 is 11.6 Å². The van der Waals surface area contributed by atoms with Crippen LogP contribution in [0.4, 0.5) is 13.2 Å². The first-order valence-corrected chi connectivity index (χ1v) is 7.13. The van der Waals surface area contributed by atoms with Gasteiger partial charge < -0.3 is 10.2 Å². The number of aliphatic hydroxyl groups is 2. The van der Waals surface area contributed by atoms with Crippen LogP contribution in [-0.4, -0.2) is 38.7 Å². The maximum absolute atomic E-state index is 13.2. The largest absolute Gasteiger partial charge is 0.438 e. The Morgan fingerprint density at radius 3 is 2.52 bits per heavy atom. The predicted octanol–water partition coefficient (Wildman–Crippen LogP) is 2.36. The first-order valence-electron chi connectivity index (χ1n) is 7.13. The standard InChI is InChI=1S/C15H17F3N2O3/c1-2-6-11-9-14(23,15(16,17)18)20(19-11)13(22)12(21)10-7-4-3-5-8-10/h3-5,7-8,12,21,23H,2,6,9H2,1H3/t12-,14-/m1/s1. The molecule has 0 saturated heterocycles. The Labute approximate surface area is 131 Å². The molecule has 0 aliphatic carbocycles. The summed E-state index contributed by atoms with van der Waals surface area (Å²) in [5.41, 5.74) is -3.23. The summed E-state index contributed by atoms with van der Waals surface area (Å²) in [5, 5.41) is 23.6. The average molecular weight is 330 g/mol. The van der Waals surface area contributed by atoms with Crippen LogP contribution >= 0.6 is 0 Å². The number of amides is 1. The van der Waals surface area contributed by atoms with Gasteiger partial charge in [-0.25, -0.2) is 0 Å². The van der Waals surface area contributed by atoms with Gasteiger partial charge in [0, 0.05) is 12.1 Å². The summed E-state index contributed by atoms with van der Waals surface area (Å²) in [7, 11) is 0. The van der Waals surface area contributed by atoms with Crippen molar-refractivity contribution in [2.24, 2.45) is 5.10 Å². The molecule has 0 bridgehead atoms. The van der Waals surface area contributed by atoms with E-state index in [1.54, 1.807) is 13.0 Å². The van der Waals surface area contributed by atoms with E-state index in [1.165, 1.54) is 24.3 Å². The normalized spacial score (nSPS) is 22.9. The van der Waals surface area contributed by atoms with E-state index in [4.69, 9.17) is 0 Å². The lowest BCUT2D eigenvalue weighted by Crippen LogP contribution is -2.57. The summed E-state index contributed by atoms with van der Waals surface area (Å²) >= 11 is 0. The Morgan fingerprint density at radius 2 is 2.00 bits per heavy atom. The molecule has 2 atom stereocenters. The predicted molar refractivity (Wildman–Crippen MR) is 76.2 cm³/mol. The zero-order valence-corrected chi connectivity index (χ0v) is 12.4. The lowest BCUT2D eigenvalue weighted by molar-refractivity contribution is -0.303. The third kappa shape index (κ3) is 3.23. The molecule has 1 aliphatic rings. The zero-order chi connectivity index (χ0) is 17.3. The fraction of sp³-hybridized carbons (Fsp3) is 0.467. The van der Waals surface area contributed by atoms with Crippen molar-refractivity contribution in [2.45, 2.75) is 44.2 Å². The van der Waals surface area contributed by atoms with Gasteiger partial charge in [-0.1, -0.05) is 43.7 Å². The number of hydrogen-bond donors (Lipinski definition) is 2. The highest BCUT2D eigenvalue weighted by Crippen LogP contribution is 2.42. The van der Waals surface area contributed by atoms with Gasteiger partial charge in [-0.2, -0.15) is 23.3 Å². The first-order chi connectivity index (χ1) is 10.7. The molecule has 0 radical (unpaired) electrons. The van der Waals surface area contributed by atoms with Crippen molar-refractivity contribution in [3.05, 3.63) is 35.9 Å². The number of rotatable bonds is 4. The van der Waals surface area contributed by atoms with E-state index in [1.807, 2.05) is 0 Å². The summed E-state index contributed by atoms with van der Waals surface area (Å²) in [4.78, 5) is 12.3. The first kappa shape index (κ1) is 17.4. The molecule has 0 spiro atoms. The number of nitrogens with zero attached hydrogens (tertiary/aromatic N) is 2. The van der Waals surface area contributed by atoms with Crippen molar-refractivity contribution in [3.8, 4) is 0 Å². The highest BCUT2D eigenvalue weighted by atomic mass is 19.4. The molecular weight excluding hydrogens is 313 g/mol. The molecule has 126 valence electrons. The molecule has 0 unspecified atom stereocenters. The second kappa shape index (κ2) is 6.29. The van der Waals surface area contributed by atoms with Crippen LogP contribution in [0.1, 0.15) is 37.9 Å². The number of carbonyl (C=O) groups is 1. The Bertz CT molecular complexity index is 604. The van der Waals surface area contributed by atoms with E-state index in [9.17, 15) is 28.2 Å². The third-order valence-corrected chi connectivity index (χ3v) is 3.59. The van der Waals surface area contributed by atoms with Crippen molar-refractivity contribution in [2.75, 3.05) is 0 Å². The monoisotopic (exact) mass is 330 g/mol. The summed E-state index contributed by atoms with van der Waals surface area (Å²) in [6.07, 6.45) is -6.98. The lowest BCUT2D eigenvalue weighted by atomic mass is 10.0. The van der Waals surface area contributed by atoms with Crippen LogP contribution in [0.25, 0.3) is 0 Å². The van der Waals surface area contributed by atoms with E-state index < -0.39 is 30.3 Å². The van der Waals surface area contributed by atoms with Gasteiger partial charge in [0.2, 0.25) is 0 Å². The Morgan fingerprint density at radius 1 is 1.39 bits per heavy atom. The van der Waals surface area contributed by atoms with Crippen LogP contribution in [-0.2, 0) is 4.79 Å². The minimum absolute atomic E-state index is 0.0321. The van der Waals surface area contributed by atoms with Gasteiger partial charge >= 0.3 is 6.18 Å². The number of alkyl halides is 3. The average Bonchev–Trinajstić information content (AvgIpc) is 2.85. The summed E-state index contributed by atoms with van der Waals surface area (Å²) in [5.74, 6) is -1.32. The molecule has 0 saturated carbocycles. The van der Waals surface area contributed by atoms with Gasteiger partial charge in [-0.3, -0.25) is 4.79 Å². The Balaban J connectivity index is 2.34. The SMILES string of the molecule is CCCC1=NN(C(=O)[C@H](O)c2ccccc2)[C@](O)(C(F)(F)F)C1. The summed E-state index contributed by atoms with van der Waals surface area (Å²) in [6.45, 7) is 1.75. The molecule has 0 fully saturated rings. The lowest BCUT2D eigenvalue weighted by Gasteiger charge is -2.33. The van der Waals surface area contributed by atoms with E-state index in [-0.39, 0.29) is 22.7 Å². The minimum Gasteiger partial charge on any atom is -0.378 e. The number of carbonyl (C=O) groups excluding carboxylic acids is 1. The van der Waals surface area contributed by atoms with Gasteiger partial charge in [0.05, 0.1) is 0 Å². The van der Waals surface area contributed by atoms with Crippen LogP contribution in [0.2, 0.25) is 0 Å². The zero-order valence-electron chi connectivity index (χ0n) is 12.4. The number of halogens is 3. The van der Waals surface area contributed by atoms with Gasteiger partial charge in [-0.15, -0.1) is 0 Å². The maximum atomic E-state index is 13.2. The molecule has 8 heteroatoms. The molecule has 1 aliphatic heterocycles. The van der Waals surface area contributed by atoms with E-state index in [0.717, 1.165) is 0 Å². The van der Waals surface area contributed by atoms with Crippen molar-refractivity contribution in [3.63, 3.8) is 0 Å². The second-order valence-corrected chi connectivity index (χ2v) is 5.37. The molecule has 5 nitrogen and oxygen atoms in total. The molecule has 1 aromatic rings. The number of hydrazone groups is 1. The fourth-order valence-electron chi connectivity index (χ4n) is 2.39. The van der Waals surface area contributed by atoms with Crippen LogP contribution in [0, 0.1) is 0 Å². The molecule has 1 heterocycles. The molecule has 1 amide bonds. The van der Waals surface area contributed by atoms with Crippen LogP contribution in [0.15, 0.2) is 35.4 Å². The van der Waals surface area contributed by atoms with Gasteiger partial charge in [0.15, 0.2) is 6.10 Å². The second-order valence-electron chi connectivity index (χ2n) is 5.37. The van der Waals surface area contributed by atoms with E-state index in [0.29, 0.717) is 6.42 Å². The van der Waals surface area contributed by atoms with Crippen molar-refractivity contribution < 1.29 is 28.2 Å². The highest BCUT2D eigenvalue weighted by molar-refractivity contribution is 5.92. The summed E-state index contributed by atoms with van der Waals surface area (Å²) < 4.78 is 39.7. The number of aliphatic hydroxyl groups excluding tert-OH is 1. The number of hydrogen-bond acceptors (Lipinski definition) is 4. The molecule has 1 aromatic carbocycles. The maximum Gasteiger partial charge on any atom is 0.438 e. The van der Waals surface area contributed by atoms with Crippen LogP contribution in [0.5, 0.6) is 0 Å². The van der Waals surface area contributed by atoms with Crippen molar-refractivity contribution in [1.82, 2.24) is 5.01 Å². The van der Waals surface area contributed by atoms with Gasteiger partial charge in [-0.05, 0) is 12.0 Å². The van der Waals surface area contributed by atoms with Crippen LogP contribution < -0.4 is 0 Å². The smallest absolute Gasteiger partial charge is 0.378 e. The highest BCUT2D eigenvalue weighted by Gasteiger charge is 2.63. The van der Waals surface area contributed by atoms with E-state index in [2.05, 4.69) is 5.10 Å². The van der Waals surface area contributed by atoms with Crippen molar-refractivity contribution in [1.29, 1.82) is 0 Å². The summed E-state index contributed by atoms with van der Waals surface area (Å²) in [6, 6.07) is 7.53. The molecule has 0 aromatic heterocycles. The quantitative estimate of drug-likeness (QED) is 0.890. The Hall–Kier alpha value is -1.93. The third-order valence-electron chi connectivity index (χ3n) is 3.59. The Kier molecular flexibility index (Phi) is 4.76. The van der Waals surface area contributed by atoms with E-state index >= 15 is 0 Å². The molecular formula is C15H17F3N2O3. The number of benzene rings is 1. The minimum atomic E-state index is -5.09. The van der Waals surface area contributed by atoms with Gasteiger partial charge in [0.1, 0.15) is 0 Å². The molecule has 2 rings (SSSR count). The molecule has 23 heavy (non-hydrogen) atoms. The van der Waals surface area contributed by atoms with Crippen LogP contribution in [0.3, 0.4) is 0 Å². The van der Waals surface area contributed by atoms with Gasteiger partial charge in [0.25, 0.3) is 11.6 Å².